The molecule has 0 amide bonds. The van der Waals surface area contributed by atoms with Gasteiger partial charge in [0, 0.05) is 21.2 Å². The van der Waals surface area contributed by atoms with Crippen LogP contribution in [0, 0.1) is 12.3 Å². The Bertz CT molecular complexity index is 750. The molecule has 0 saturated carbocycles. The smallest absolute Gasteiger partial charge is 0.148 e. The topological polar surface area (TPSA) is 42.9 Å². The summed E-state index contributed by atoms with van der Waals surface area (Å²) < 4.78 is 10.7. The Morgan fingerprint density at radius 3 is 2.67 bits per heavy atom. The molecule has 1 N–H and O–H groups in total. The molecule has 0 aliphatic rings. The third-order valence-electron chi connectivity index (χ3n) is 3.14. The lowest BCUT2D eigenvalue weighted by atomic mass is 10.2. The second kappa shape index (κ2) is 9.07. The number of terminal acetylenes is 1. The van der Waals surface area contributed by atoms with E-state index in [0.717, 1.165) is 11.1 Å². The van der Waals surface area contributed by atoms with Gasteiger partial charge in [0.2, 0.25) is 0 Å². The van der Waals surface area contributed by atoms with Crippen molar-refractivity contribution in [1.29, 1.82) is 0 Å². The zero-order chi connectivity index (χ0) is 17.4. The molecule has 4 nitrogen and oxygen atoms in total. The molecule has 124 valence electrons. The fourth-order valence-electron chi connectivity index (χ4n) is 1.95. The highest BCUT2D eigenvalue weighted by Gasteiger charge is 2.05. The fourth-order valence-corrected chi connectivity index (χ4v) is 2.48. The van der Waals surface area contributed by atoms with Crippen LogP contribution in [0.15, 0.2) is 41.5 Å². The van der Waals surface area contributed by atoms with E-state index in [2.05, 4.69) is 16.4 Å². The van der Waals surface area contributed by atoms with Crippen molar-refractivity contribution in [2.75, 3.05) is 13.7 Å². The molecule has 0 saturated heterocycles. The average molecular weight is 363 g/mol. The van der Waals surface area contributed by atoms with E-state index in [9.17, 15) is 0 Å². The lowest BCUT2D eigenvalue weighted by Crippen LogP contribution is -2.07. The summed E-state index contributed by atoms with van der Waals surface area (Å²) in [5, 5.41) is 5.36. The minimum Gasteiger partial charge on any atom is -0.497 e. The number of hydrogen-bond acceptors (Lipinski definition) is 4. The summed E-state index contributed by atoms with van der Waals surface area (Å²) in [5.74, 6) is 3.74. The van der Waals surface area contributed by atoms with Crippen LogP contribution in [0.25, 0.3) is 0 Å². The molecule has 0 aliphatic carbocycles. The molecule has 2 rings (SSSR count). The van der Waals surface area contributed by atoms with Gasteiger partial charge in [0.25, 0.3) is 0 Å². The van der Waals surface area contributed by atoms with Gasteiger partial charge in [-0.25, -0.2) is 0 Å². The van der Waals surface area contributed by atoms with E-state index in [1.54, 1.807) is 49.7 Å². The van der Waals surface area contributed by atoms with E-state index >= 15 is 0 Å². The number of rotatable bonds is 7. The first kappa shape index (κ1) is 18.0. The van der Waals surface area contributed by atoms with Gasteiger partial charge < -0.3 is 14.9 Å². The van der Waals surface area contributed by atoms with Gasteiger partial charge >= 0.3 is 0 Å². The van der Waals surface area contributed by atoms with Crippen molar-refractivity contribution in [1.82, 2.24) is 5.43 Å². The molecule has 0 heterocycles. The summed E-state index contributed by atoms with van der Waals surface area (Å²) in [6, 6.07) is 10.7. The van der Waals surface area contributed by atoms with Crippen molar-refractivity contribution in [3.63, 3.8) is 0 Å². The van der Waals surface area contributed by atoms with Crippen LogP contribution in [0.5, 0.6) is 11.5 Å². The first-order chi connectivity index (χ1) is 11.7. The Hall–Kier alpha value is -2.35. The lowest BCUT2D eigenvalue weighted by Gasteiger charge is -2.09. The molecule has 0 aliphatic heterocycles. The summed E-state index contributed by atoms with van der Waals surface area (Å²) in [7, 11) is 1.59. The van der Waals surface area contributed by atoms with Crippen LogP contribution >= 0.6 is 23.2 Å². The predicted octanol–water partition coefficient (Wildman–Crippen LogP) is 4.14. The summed E-state index contributed by atoms with van der Waals surface area (Å²) in [4.78, 5) is 0. The molecule has 24 heavy (non-hydrogen) atoms. The van der Waals surface area contributed by atoms with Crippen LogP contribution in [0.4, 0.5) is 0 Å². The van der Waals surface area contributed by atoms with Gasteiger partial charge in [0.15, 0.2) is 0 Å². The molecule has 0 radical (unpaired) electrons. The van der Waals surface area contributed by atoms with E-state index in [0.29, 0.717) is 28.1 Å². The summed E-state index contributed by atoms with van der Waals surface area (Å²) >= 11 is 12.2. The van der Waals surface area contributed by atoms with Gasteiger partial charge in [-0.05, 0) is 30.3 Å². The largest absolute Gasteiger partial charge is 0.497 e. The summed E-state index contributed by atoms with van der Waals surface area (Å²) in [5.41, 5.74) is 4.44. The standard InChI is InChI=1S/C18H16Cl2N2O2/c1-3-9-24-18-8-7-14(23-2)10-13(18)11-21-22-12-15-16(19)5-4-6-17(15)20/h1,4-8,10-11,22H,9,12H2,2H3/b21-11-. The maximum atomic E-state index is 6.12. The molecule has 0 aromatic heterocycles. The third-order valence-corrected chi connectivity index (χ3v) is 3.85. The van der Waals surface area contributed by atoms with Crippen molar-refractivity contribution < 1.29 is 9.47 Å². The van der Waals surface area contributed by atoms with E-state index in [1.807, 2.05) is 0 Å². The first-order valence-corrected chi connectivity index (χ1v) is 7.84. The molecule has 6 heteroatoms. The number of nitrogens with one attached hydrogen (secondary N) is 1. The summed E-state index contributed by atoms with van der Waals surface area (Å²) in [6.07, 6.45) is 6.85. The molecule has 0 spiro atoms. The van der Waals surface area contributed by atoms with Gasteiger partial charge in [-0.3, -0.25) is 0 Å². The number of hydrazone groups is 1. The van der Waals surface area contributed by atoms with Crippen LogP contribution in [0.1, 0.15) is 11.1 Å². The number of benzene rings is 2. The molecule has 0 atom stereocenters. The molecule has 0 bridgehead atoms. The zero-order valence-electron chi connectivity index (χ0n) is 13.1. The second-order valence-electron chi connectivity index (χ2n) is 4.69. The highest BCUT2D eigenvalue weighted by Crippen LogP contribution is 2.24. The number of nitrogens with zero attached hydrogens (tertiary/aromatic N) is 1. The van der Waals surface area contributed by atoms with E-state index in [4.69, 9.17) is 39.1 Å². The van der Waals surface area contributed by atoms with Gasteiger partial charge in [0.1, 0.15) is 18.1 Å². The third kappa shape index (κ3) is 4.82. The van der Waals surface area contributed by atoms with E-state index in [-0.39, 0.29) is 6.61 Å². The van der Waals surface area contributed by atoms with Crippen LogP contribution in [-0.4, -0.2) is 19.9 Å². The Balaban J connectivity index is 2.09. The number of ether oxygens (including phenoxy) is 2. The molecule has 2 aromatic rings. The number of methoxy groups -OCH3 is 1. The van der Waals surface area contributed by atoms with Crippen LogP contribution in [0.3, 0.4) is 0 Å². The Kier molecular flexibility index (Phi) is 6.80. The average Bonchev–Trinajstić information content (AvgIpc) is 2.59. The van der Waals surface area contributed by atoms with Crippen molar-refractivity contribution in [2.45, 2.75) is 6.54 Å². The maximum absolute atomic E-state index is 6.12. The van der Waals surface area contributed by atoms with Gasteiger partial charge in [0.05, 0.1) is 19.9 Å². The Morgan fingerprint density at radius 1 is 1.25 bits per heavy atom. The van der Waals surface area contributed by atoms with E-state index in [1.165, 1.54) is 0 Å². The maximum Gasteiger partial charge on any atom is 0.148 e. The van der Waals surface area contributed by atoms with Crippen molar-refractivity contribution in [3.05, 3.63) is 57.6 Å². The Morgan fingerprint density at radius 2 is 2.00 bits per heavy atom. The van der Waals surface area contributed by atoms with Crippen molar-refractivity contribution in [3.8, 4) is 23.8 Å². The van der Waals surface area contributed by atoms with Crippen molar-refractivity contribution in [2.24, 2.45) is 5.10 Å². The van der Waals surface area contributed by atoms with Gasteiger partial charge in [-0.2, -0.15) is 5.10 Å². The highest BCUT2D eigenvalue weighted by molar-refractivity contribution is 6.35. The SMILES string of the molecule is C#CCOc1ccc(OC)cc1/C=N\NCc1c(Cl)cccc1Cl. The molecular weight excluding hydrogens is 347 g/mol. The summed E-state index contributed by atoms with van der Waals surface area (Å²) in [6.45, 7) is 0.579. The molecule has 2 aromatic carbocycles. The van der Waals surface area contributed by atoms with Crippen LogP contribution in [-0.2, 0) is 6.54 Å². The van der Waals surface area contributed by atoms with Crippen molar-refractivity contribution >= 4 is 29.4 Å². The van der Waals surface area contributed by atoms with Gasteiger partial charge in [-0.1, -0.05) is 35.2 Å². The van der Waals surface area contributed by atoms with E-state index < -0.39 is 0 Å². The number of halogens is 2. The number of hydrogen-bond donors (Lipinski definition) is 1. The molecule has 0 unspecified atom stereocenters. The quantitative estimate of drug-likeness (QED) is 0.457. The minimum atomic E-state index is 0.176. The first-order valence-electron chi connectivity index (χ1n) is 7.09. The predicted molar refractivity (Wildman–Crippen MR) is 98.2 cm³/mol. The molecular formula is C18H16Cl2N2O2. The van der Waals surface area contributed by atoms with Crippen LogP contribution < -0.4 is 14.9 Å². The Labute approximate surface area is 151 Å². The van der Waals surface area contributed by atoms with Gasteiger partial charge in [-0.15, -0.1) is 6.42 Å². The fraction of sp³-hybridized carbons (Fsp3) is 0.167. The normalized spacial score (nSPS) is 10.4. The minimum absolute atomic E-state index is 0.176. The zero-order valence-corrected chi connectivity index (χ0v) is 14.6. The highest BCUT2D eigenvalue weighted by atomic mass is 35.5. The lowest BCUT2D eigenvalue weighted by molar-refractivity contribution is 0.367. The molecule has 0 fully saturated rings. The second-order valence-corrected chi connectivity index (χ2v) is 5.50. The van der Waals surface area contributed by atoms with Crippen LogP contribution in [0.2, 0.25) is 10.0 Å². The monoisotopic (exact) mass is 362 g/mol.